The minimum atomic E-state index is 0.855. The minimum Gasteiger partial charge on any atom is -0.457 e. The number of allylic oxidation sites excluding steroid dienone is 3. The Morgan fingerprint density at radius 1 is 1.11 bits per heavy atom. The smallest absolute Gasteiger partial charge is 0.132 e. The fourth-order valence-electron chi connectivity index (χ4n) is 2.15. The number of hydrogen-bond donors (Lipinski definition) is 1. The maximum Gasteiger partial charge on any atom is 0.132 e. The lowest BCUT2D eigenvalue weighted by atomic mass is 10.0. The third-order valence-electron chi connectivity index (χ3n) is 3.06. The Morgan fingerprint density at radius 2 is 1.89 bits per heavy atom. The Hall–Kier alpha value is -2.29. The summed E-state index contributed by atoms with van der Waals surface area (Å²) < 4.78 is 5.97. The van der Waals surface area contributed by atoms with Crippen LogP contribution < -0.4 is 4.74 Å². The number of rotatable bonds is 3. The number of nitrogens with one attached hydrogen (secondary N) is 1. The molecule has 1 heterocycles. The molecule has 96 valence electrons. The average Bonchev–Trinajstić information content (AvgIpc) is 2.87. The van der Waals surface area contributed by atoms with Crippen LogP contribution in [0.1, 0.15) is 24.2 Å². The van der Waals surface area contributed by atoms with E-state index >= 15 is 0 Å². The molecule has 3 nitrogen and oxygen atoms in total. The number of benzene rings is 1. The van der Waals surface area contributed by atoms with Gasteiger partial charge in [-0.1, -0.05) is 24.3 Å². The van der Waals surface area contributed by atoms with Crippen LogP contribution in [-0.4, -0.2) is 10.2 Å². The Balaban J connectivity index is 1.87. The highest BCUT2D eigenvalue weighted by molar-refractivity contribution is 5.76. The predicted molar refractivity (Wildman–Crippen MR) is 75.7 cm³/mol. The Morgan fingerprint density at radius 3 is 2.63 bits per heavy atom. The van der Waals surface area contributed by atoms with E-state index in [1.807, 2.05) is 43.3 Å². The SMILES string of the molecule is Cc1cc(C2=CCCC=C2Oc2ccccc2)n[nH]1. The summed E-state index contributed by atoms with van der Waals surface area (Å²) >= 11 is 0. The zero-order valence-electron chi connectivity index (χ0n) is 10.9. The molecule has 0 radical (unpaired) electrons. The highest BCUT2D eigenvalue weighted by Crippen LogP contribution is 2.29. The first kappa shape index (κ1) is 11.8. The van der Waals surface area contributed by atoms with Crippen LogP contribution >= 0.6 is 0 Å². The van der Waals surface area contributed by atoms with E-state index in [1.165, 1.54) is 0 Å². The number of aryl methyl sites for hydroxylation is 1. The first-order chi connectivity index (χ1) is 9.33. The van der Waals surface area contributed by atoms with E-state index in [0.717, 1.165) is 41.3 Å². The molecule has 0 saturated heterocycles. The van der Waals surface area contributed by atoms with E-state index in [2.05, 4.69) is 22.3 Å². The van der Waals surface area contributed by atoms with Gasteiger partial charge in [-0.2, -0.15) is 5.10 Å². The molecule has 0 atom stereocenters. The molecule has 2 aromatic rings. The van der Waals surface area contributed by atoms with Crippen molar-refractivity contribution in [1.29, 1.82) is 0 Å². The van der Waals surface area contributed by atoms with Gasteiger partial charge in [0.05, 0.1) is 5.69 Å². The maximum absolute atomic E-state index is 5.97. The summed E-state index contributed by atoms with van der Waals surface area (Å²) in [6.45, 7) is 2.00. The largest absolute Gasteiger partial charge is 0.457 e. The minimum absolute atomic E-state index is 0.855. The molecule has 1 aliphatic rings. The summed E-state index contributed by atoms with van der Waals surface area (Å²) in [5, 5.41) is 7.29. The number of nitrogens with zero attached hydrogens (tertiary/aromatic N) is 1. The second-order valence-electron chi connectivity index (χ2n) is 4.61. The normalized spacial score (nSPS) is 14.8. The van der Waals surface area contributed by atoms with Crippen LogP contribution in [0.2, 0.25) is 0 Å². The predicted octanol–water partition coefficient (Wildman–Crippen LogP) is 3.86. The molecule has 1 aromatic carbocycles. The number of ether oxygens (including phenoxy) is 1. The van der Waals surface area contributed by atoms with Gasteiger partial charge in [0.1, 0.15) is 11.5 Å². The van der Waals surface area contributed by atoms with Crippen molar-refractivity contribution in [3.8, 4) is 5.75 Å². The summed E-state index contributed by atoms with van der Waals surface area (Å²) in [6.07, 6.45) is 6.36. The zero-order valence-corrected chi connectivity index (χ0v) is 10.9. The number of para-hydroxylation sites is 1. The molecule has 19 heavy (non-hydrogen) atoms. The van der Waals surface area contributed by atoms with Gasteiger partial charge >= 0.3 is 0 Å². The van der Waals surface area contributed by atoms with Gasteiger partial charge < -0.3 is 4.74 Å². The van der Waals surface area contributed by atoms with Crippen molar-refractivity contribution in [2.24, 2.45) is 0 Å². The van der Waals surface area contributed by atoms with Crippen molar-refractivity contribution in [3.05, 3.63) is 65.7 Å². The number of H-pyrrole nitrogens is 1. The van der Waals surface area contributed by atoms with Gasteiger partial charge in [-0.25, -0.2) is 0 Å². The Bertz CT molecular complexity index is 623. The fourth-order valence-corrected chi connectivity index (χ4v) is 2.15. The van der Waals surface area contributed by atoms with Crippen LogP contribution in [0.25, 0.3) is 5.57 Å². The van der Waals surface area contributed by atoms with Crippen molar-refractivity contribution < 1.29 is 4.74 Å². The molecule has 3 heteroatoms. The van der Waals surface area contributed by atoms with Gasteiger partial charge in [-0.15, -0.1) is 0 Å². The van der Waals surface area contributed by atoms with E-state index in [4.69, 9.17) is 4.74 Å². The van der Waals surface area contributed by atoms with Crippen molar-refractivity contribution in [3.63, 3.8) is 0 Å². The van der Waals surface area contributed by atoms with Gasteiger partial charge in [0.15, 0.2) is 0 Å². The van der Waals surface area contributed by atoms with Crippen LogP contribution in [0.5, 0.6) is 5.75 Å². The molecule has 0 aliphatic heterocycles. The molecule has 1 aromatic heterocycles. The molecule has 0 amide bonds. The molecule has 0 fully saturated rings. The first-order valence-corrected chi connectivity index (χ1v) is 6.49. The summed E-state index contributed by atoms with van der Waals surface area (Å²) in [6, 6.07) is 11.9. The summed E-state index contributed by atoms with van der Waals surface area (Å²) in [7, 11) is 0. The molecule has 3 rings (SSSR count). The molecular weight excluding hydrogens is 236 g/mol. The van der Waals surface area contributed by atoms with Gasteiger partial charge in [0.2, 0.25) is 0 Å². The summed E-state index contributed by atoms with van der Waals surface area (Å²) in [5.74, 6) is 1.75. The number of aromatic amines is 1. The van der Waals surface area contributed by atoms with Gasteiger partial charge in [-0.05, 0) is 44.0 Å². The molecular formula is C16H16N2O. The quantitative estimate of drug-likeness (QED) is 0.900. The summed E-state index contributed by atoms with van der Waals surface area (Å²) in [4.78, 5) is 0. The number of hydrogen-bond acceptors (Lipinski definition) is 2. The van der Waals surface area contributed by atoms with Crippen LogP contribution in [0, 0.1) is 6.92 Å². The topological polar surface area (TPSA) is 37.9 Å². The molecule has 0 spiro atoms. The number of aromatic nitrogens is 2. The summed E-state index contributed by atoms with van der Waals surface area (Å²) in [5.41, 5.74) is 3.07. The lowest BCUT2D eigenvalue weighted by Crippen LogP contribution is -2.02. The van der Waals surface area contributed by atoms with Crippen molar-refractivity contribution in [2.75, 3.05) is 0 Å². The molecule has 0 saturated carbocycles. The highest BCUT2D eigenvalue weighted by Gasteiger charge is 2.15. The lowest BCUT2D eigenvalue weighted by Gasteiger charge is -2.15. The van der Waals surface area contributed by atoms with Crippen LogP contribution in [0.3, 0.4) is 0 Å². The van der Waals surface area contributed by atoms with Crippen LogP contribution in [0.4, 0.5) is 0 Å². The average molecular weight is 252 g/mol. The molecule has 0 unspecified atom stereocenters. The second-order valence-corrected chi connectivity index (χ2v) is 4.61. The third kappa shape index (κ3) is 2.60. The van der Waals surface area contributed by atoms with Crippen molar-refractivity contribution in [2.45, 2.75) is 19.8 Å². The lowest BCUT2D eigenvalue weighted by molar-refractivity contribution is 0.444. The van der Waals surface area contributed by atoms with Crippen LogP contribution in [0.15, 0.2) is 54.3 Å². The van der Waals surface area contributed by atoms with E-state index in [0.29, 0.717) is 0 Å². The van der Waals surface area contributed by atoms with Crippen molar-refractivity contribution in [1.82, 2.24) is 10.2 Å². The van der Waals surface area contributed by atoms with E-state index in [9.17, 15) is 0 Å². The van der Waals surface area contributed by atoms with Gasteiger partial charge in [-0.3, -0.25) is 5.10 Å². The van der Waals surface area contributed by atoms with Crippen LogP contribution in [-0.2, 0) is 0 Å². The van der Waals surface area contributed by atoms with E-state index < -0.39 is 0 Å². The van der Waals surface area contributed by atoms with Gasteiger partial charge in [0, 0.05) is 11.3 Å². The monoisotopic (exact) mass is 252 g/mol. The van der Waals surface area contributed by atoms with Gasteiger partial charge in [0.25, 0.3) is 0 Å². The standard InChI is InChI=1S/C16H16N2O/c1-12-11-15(18-17-12)14-9-5-6-10-16(14)19-13-7-3-2-4-8-13/h2-4,7-11H,5-6H2,1H3,(H,17,18). The third-order valence-corrected chi connectivity index (χ3v) is 3.06. The Labute approximate surface area is 112 Å². The Kier molecular flexibility index (Phi) is 3.19. The fraction of sp³-hybridized carbons (Fsp3) is 0.188. The first-order valence-electron chi connectivity index (χ1n) is 6.49. The molecule has 1 aliphatic carbocycles. The second kappa shape index (κ2) is 5.14. The molecule has 1 N–H and O–H groups in total. The maximum atomic E-state index is 5.97. The zero-order chi connectivity index (χ0) is 13.1. The van der Waals surface area contributed by atoms with Crippen molar-refractivity contribution >= 4 is 5.57 Å². The van der Waals surface area contributed by atoms with E-state index in [1.54, 1.807) is 0 Å². The van der Waals surface area contributed by atoms with E-state index in [-0.39, 0.29) is 0 Å². The highest BCUT2D eigenvalue weighted by atomic mass is 16.5. The molecule has 0 bridgehead atoms.